The molecule has 3 amide bonds. The van der Waals surface area contributed by atoms with Crippen LogP contribution in [-0.4, -0.2) is 25.0 Å². The Hall–Kier alpha value is -2.48. The number of hydrogen-bond acceptors (Lipinski definition) is 2. The number of terminal acetylenes is 1. The lowest BCUT2D eigenvalue weighted by molar-refractivity contribution is -0.119. The van der Waals surface area contributed by atoms with Crippen LogP contribution in [0.5, 0.6) is 0 Å². The summed E-state index contributed by atoms with van der Waals surface area (Å²) in [5.74, 6) is 1.94. The quantitative estimate of drug-likeness (QED) is 0.662. The minimum absolute atomic E-state index is 0.111. The van der Waals surface area contributed by atoms with Crippen LogP contribution in [0.1, 0.15) is 0 Å². The Labute approximate surface area is 99.6 Å². The molecule has 0 atom stereocenters. The number of para-hydroxylation sites is 1. The van der Waals surface area contributed by atoms with Crippen molar-refractivity contribution >= 4 is 17.6 Å². The van der Waals surface area contributed by atoms with Crippen LogP contribution in [0.2, 0.25) is 0 Å². The Morgan fingerprint density at radius 2 is 1.88 bits per heavy atom. The molecule has 17 heavy (non-hydrogen) atoms. The molecule has 5 heteroatoms. The van der Waals surface area contributed by atoms with E-state index in [4.69, 9.17) is 6.42 Å². The predicted molar refractivity (Wildman–Crippen MR) is 65.3 cm³/mol. The van der Waals surface area contributed by atoms with Gasteiger partial charge in [-0.2, -0.15) is 0 Å². The standard InChI is InChI=1S/C12H13N3O2/c1-2-8-13-11(16)9-14-12(17)15-10-6-4-3-5-7-10/h1,3-7H,8-9H2,(H,13,16)(H2,14,15,17). The molecule has 0 heterocycles. The van der Waals surface area contributed by atoms with Crippen molar-refractivity contribution in [2.24, 2.45) is 0 Å². The monoisotopic (exact) mass is 231 g/mol. The van der Waals surface area contributed by atoms with E-state index in [0.717, 1.165) is 0 Å². The van der Waals surface area contributed by atoms with Crippen molar-refractivity contribution in [1.82, 2.24) is 10.6 Å². The molecule has 5 nitrogen and oxygen atoms in total. The summed E-state index contributed by atoms with van der Waals surface area (Å²) in [7, 11) is 0. The number of urea groups is 1. The van der Waals surface area contributed by atoms with Crippen molar-refractivity contribution < 1.29 is 9.59 Å². The summed E-state index contributed by atoms with van der Waals surface area (Å²) in [4.78, 5) is 22.5. The molecule has 0 bridgehead atoms. The highest BCUT2D eigenvalue weighted by Gasteiger charge is 2.04. The van der Waals surface area contributed by atoms with Gasteiger partial charge in [0, 0.05) is 5.69 Å². The van der Waals surface area contributed by atoms with Gasteiger partial charge >= 0.3 is 6.03 Å². The number of hydrogen-bond donors (Lipinski definition) is 3. The lowest BCUT2D eigenvalue weighted by Crippen LogP contribution is -2.39. The number of nitrogens with one attached hydrogen (secondary N) is 3. The topological polar surface area (TPSA) is 70.2 Å². The third kappa shape index (κ3) is 5.23. The van der Waals surface area contributed by atoms with Gasteiger partial charge in [-0.15, -0.1) is 6.42 Å². The van der Waals surface area contributed by atoms with Crippen molar-refractivity contribution in [1.29, 1.82) is 0 Å². The first-order chi connectivity index (χ1) is 8.22. The second kappa shape index (κ2) is 6.90. The maximum absolute atomic E-state index is 11.3. The first-order valence-electron chi connectivity index (χ1n) is 5.02. The van der Waals surface area contributed by atoms with Crippen LogP contribution in [0.3, 0.4) is 0 Å². The summed E-state index contributed by atoms with van der Waals surface area (Å²) in [6, 6.07) is 8.50. The van der Waals surface area contributed by atoms with Gasteiger partial charge in [-0.05, 0) is 12.1 Å². The van der Waals surface area contributed by atoms with E-state index in [1.54, 1.807) is 24.3 Å². The molecular weight excluding hydrogens is 218 g/mol. The van der Waals surface area contributed by atoms with Gasteiger partial charge in [0.1, 0.15) is 0 Å². The van der Waals surface area contributed by atoms with Gasteiger partial charge in [-0.3, -0.25) is 4.79 Å². The van der Waals surface area contributed by atoms with Gasteiger partial charge in [-0.1, -0.05) is 24.1 Å². The highest BCUT2D eigenvalue weighted by Crippen LogP contribution is 2.03. The van der Waals surface area contributed by atoms with E-state index >= 15 is 0 Å². The Kier molecular flexibility index (Phi) is 5.11. The lowest BCUT2D eigenvalue weighted by Gasteiger charge is -2.06. The van der Waals surface area contributed by atoms with Gasteiger partial charge < -0.3 is 16.0 Å². The molecule has 1 rings (SSSR count). The first-order valence-corrected chi connectivity index (χ1v) is 5.02. The maximum atomic E-state index is 11.3. The lowest BCUT2D eigenvalue weighted by atomic mass is 10.3. The summed E-state index contributed by atoms with van der Waals surface area (Å²) in [5, 5.41) is 7.43. The molecule has 0 saturated carbocycles. The second-order valence-corrected chi connectivity index (χ2v) is 3.15. The van der Waals surface area contributed by atoms with Crippen LogP contribution >= 0.6 is 0 Å². The highest BCUT2D eigenvalue weighted by molar-refractivity contribution is 5.92. The van der Waals surface area contributed by atoms with Crippen LogP contribution in [-0.2, 0) is 4.79 Å². The number of rotatable bonds is 4. The molecule has 0 radical (unpaired) electrons. The number of amides is 3. The van der Waals surface area contributed by atoms with E-state index in [-0.39, 0.29) is 19.0 Å². The van der Waals surface area contributed by atoms with Gasteiger partial charge in [0.25, 0.3) is 0 Å². The Morgan fingerprint density at radius 3 is 2.53 bits per heavy atom. The third-order valence-electron chi connectivity index (χ3n) is 1.83. The molecule has 0 spiro atoms. The zero-order valence-electron chi connectivity index (χ0n) is 9.19. The molecule has 0 saturated heterocycles. The Morgan fingerprint density at radius 1 is 1.18 bits per heavy atom. The fourth-order valence-electron chi connectivity index (χ4n) is 1.07. The number of anilines is 1. The fourth-order valence-corrected chi connectivity index (χ4v) is 1.07. The number of carbonyl (C=O) groups is 2. The van der Waals surface area contributed by atoms with Gasteiger partial charge in [0.15, 0.2) is 0 Å². The summed E-state index contributed by atoms with van der Waals surface area (Å²) in [5.41, 5.74) is 0.661. The van der Waals surface area contributed by atoms with E-state index in [2.05, 4.69) is 21.9 Å². The smallest absolute Gasteiger partial charge is 0.319 e. The molecule has 0 unspecified atom stereocenters. The van der Waals surface area contributed by atoms with Crippen molar-refractivity contribution in [3.63, 3.8) is 0 Å². The van der Waals surface area contributed by atoms with Crippen LogP contribution in [0.15, 0.2) is 30.3 Å². The van der Waals surface area contributed by atoms with Crippen LogP contribution in [0, 0.1) is 12.3 Å². The predicted octanol–water partition coefficient (Wildman–Crippen LogP) is 0.557. The molecule has 88 valence electrons. The molecule has 0 fully saturated rings. The van der Waals surface area contributed by atoms with Crippen LogP contribution in [0.25, 0.3) is 0 Å². The van der Waals surface area contributed by atoms with E-state index in [9.17, 15) is 9.59 Å². The summed E-state index contributed by atoms with van der Waals surface area (Å²) in [6.45, 7) is 0.0428. The zero-order chi connectivity index (χ0) is 12.5. The van der Waals surface area contributed by atoms with Crippen molar-refractivity contribution in [3.8, 4) is 12.3 Å². The van der Waals surface area contributed by atoms with E-state index < -0.39 is 6.03 Å². The van der Waals surface area contributed by atoms with Gasteiger partial charge in [-0.25, -0.2) is 4.79 Å². The normalized spacial score (nSPS) is 8.88. The average Bonchev–Trinajstić information content (AvgIpc) is 2.35. The Bertz CT molecular complexity index is 423. The van der Waals surface area contributed by atoms with Gasteiger partial charge in [0.2, 0.25) is 5.91 Å². The minimum Gasteiger partial charge on any atom is -0.344 e. The van der Waals surface area contributed by atoms with Crippen molar-refractivity contribution in [3.05, 3.63) is 30.3 Å². The second-order valence-electron chi connectivity index (χ2n) is 3.15. The average molecular weight is 231 g/mol. The van der Waals surface area contributed by atoms with Crippen molar-refractivity contribution in [2.75, 3.05) is 18.4 Å². The van der Waals surface area contributed by atoms with Crippen molar-refractivity contribution in [2.45, 2.75) is 0 Å². The fraction of sp³-hybridized carbons (Fsp3) is 0.167. The zero-order valence-corrected chi connectivity index (χ0v) is 9.19. The maximum Gasteiger partial charge on any atom is 0.319 e. The summed E-state index contributed by atoms with van der Waals surface area (Å²) in [6.07, 6.45) is 4.97. The minimum atomic E-state index is -0.438. The molecule has 1 aromatic rings. The molecule has 0 aliphatic heterocycles. The molecule has 0 aliphatic rings. The molecule has 3 N–H and O–H groups in total. The summed E-state index contributed by atoms with van der Waals surface area (Å²) >= 11 is 0. The van der Waals surface area contributed by atoms with Gasteiger partial charge in [0.05, 0.1) is 13.1 Å². The SMILES string of the molecule is C#CCNC(=O)CNC(=O)Nc1ccccc1. The van der Waals surface area contributed by atoms with E-state index in [0.29, 0.717) is 5.69 Å². The number of benzene rings is 1. The first kappa shape index (κ1) is 12.6. The molecule has 0 aromatic heterocycles. The summed E-state index contributed by atoms with van der Waals surface area (Å²) < 4.78 is 0. The van der Waals surface area contributed by atoms with Crippen LogP contribution in [0.4, 0.5) is 10.5 Å². The highest BCUT2D eigenvalue weighted by atomic mass is 16.2. The van der Waals surface area contributed by atoms with E-state index in [1.165, 1.54) is 0 Å². The van der Waals surface area contributed by atoms with E-state index in [1.807, 2.05) is 6.07 Å². The third-order valence-corrected chi connectivity index (χ3v) is 1.83. The molecular formula is C12H13N3O2. The van der Waals surface area contributed by atoms with Crippen LogP contribution < -0.4 is 16.0 Å². The Balaban J connectivity index is 2.27. The largest absolute Gasteiger partial charge is 0.344 e. The molecule has 0 aliphatic carbocycles. The number of carbonyl (C=O) groups excluding carboxylic acids is 2. The molecule has 1 aromatic carbocycles.